The average Bonchev–Trinajstić information content (AvgIpc) is 2.25. The number of carboxylic acids is 1. The van der Waals surface area contributed by atoms with Crippen molar-refractivity contribution in [3.05, 3.63) is 23.6 Å². The van der Waals surface area contributed by atoms with Crippen LogP contribution in [0.4, 0.5) is 10.2 Å². The van der Waals surface area contributed by atoms with Crippen molar-refractivity contribution in [2.24, 2.45) is 0 Å². The molecule has 6 heteroatoms. The number of nitriles is 1. The fourth-order valence-electron chi connectivity index (χ4n) is 1.22. The van der Waals surface area contributed by atoms with Gasteiger partial charge in [-0.15, -0.1) is 0 Å². The van der Waals surface area contributed by atoms with Gasteiger partial charge in [0.15, 0.2) is 0 Å². The number of halogens is 1. The minimum Gasteiger partial charge on any atom is -0.478 e. The minimum absolute atomic E-state index is 0.157. The quantitative estimate of drug-likeness (QED) is 0.831. The Kier molecular flexibility index (Phi) is 3.78. The van der Waals surface area contributed by atoms with E-state index >= 15 is 0 Å². The Balaban J connectivity index is 3.03. The van der Waals surface area contributed by atoms with Crippen LogP contribution in [0.5, 0.6) is 0 Å². The molecule has 5 nitrogen and oxygen atoms in total. The van der Waals surface area contributed by atoms with Gasteiger partial charge in [-0.25, -0.2) is 14.2 Å². The van der Waals surface area contributed by atoms with Gasteiger partial charge in [0.25, 0.3) is 0 Å². The van der Waals surface area contributed by atoms with Crippen LogP contribution in [-0.2, 0) is 0 Å². The Morgan fingerprint density at radius 2 is 2.44 bits per heavy atom. The Bertz CT molecular complexity index is 442. The molecule has 16 heavy (non-hydrogen) atoms. The predicted molar refractivity (Wildman–Crippen MR) is 54.7 cm³/mol. The number of rotatable bonds is 4. The third-order valence-corrected chi connectivity index (χ3v) is 1.98. The molecule has 0 aromatic carbocycles. The van der Waals surface area contributed by atoms with Gasteiger partial charge in [0.1, 0.15) is 17.2 Å². The van der Waals surface area contributed by atoms with Crippen molar-refractivity contribution in [1.82, 2.24) is 4.98 Å². The van der Waals surface area contributed by atoms with E-state index in [4.69, 9.17) is 10.4 Å². The van der Waals surface area contributed by atoms with Crippen LogP contribution in [0.15, 0.2) is 12.3 Å². The van der Waals surface area contributed by atoms with E-state index in [2.05, 4.69) is 4.98 Å². The van der Waals surface area contributed by atoms with Crippen LogP contribution in [0.2, 0.25) is 0 Å². The highest BCUT2D eigenvalue weighted by Gasteiger charge is 2.15. The highest BCUT2D eigenvalue weighted by molar-refractivity contribution is 5.93. The molecule has 0 saturated carbocycles. The number of carbonyl (C=O) groups is 1. The number of nitrogens with zero attached hydrogens (tertiary/aromatic N) is 3. The average molecular weight is 223 g/mol. The number of carboxylic acid groups (broad SMARTS) is 1. The molecule has 1 rings (SSSR count). The summed E-state index contributed by atoms with van der Waals surface area (Å²) in [6.45, 7) is 0.343. The van der Waals surface area contributed by atoms with Gasteiger partial charge in [-0.05, 0) is 6.07 Å². The lowest BCUT2D eigenvalue weighted by atomic mass is 10.2. The normalized spacial score (nSPS) is 9.56. The molecular formula is C10H10FN3O2. The minimum atomic E-state index is -1.24. The van der Waals surface area contributed by atoms with Gasteiger partial charge >= 0.3 is 5.97 Å². The maximum atomic E-state index is 12.8. The van der Waals surface area contributed by atoms with Crippen molar-refractivity contribution in [2.45, 2.75) is 6.42 Å². The van der Waals surface area contributed by atoms with Gasteiger partial charge in [-0.1, -0.05) is 0 Å². The van der Waals surface area contributed by atoms with Crippen molar-refractivity contribution in [2.75, 3.05) is 18.5 Å². The molecule has 0 aliphatic carbocycles. The summed E-state index contributed by atoms with van der Waals surface area (Å²) in [4.78, 5) is 16.1. The second-order valence-electron chi connectivity index (χ2n) is 3.16. The largest absolute Gasteiger partial charge is 0.478 e. The molecule has 0 atom stereocenters. The summed E-state index contributed by atoms with van der Waals surface area (Å²) in [5, 5.41) is 17.3. The summed E-state index contributed by atoms with van der Waals surface area (Å²) in [5.74, 6) is -1.79. The van der Waals surface area contributed by atoms with Gasteiger partial charge in [-0.3, -0.25) is 0 Å². The zero-order valence-corrected chi connectivity index (χ0v) is 8.64. The smallest absolute Gasteiger partial charge is 0.339 e. The van der Waals surface area contributed by atoms with Crippen molar-refractivity contribution in [1.29, 1.82) is 5.26 Å². The number of pyridine rings is 1. The van der Waals surface area contributed by atoms with Gasteiger partial charge in [-0.2, -0.15) is 5.26 Å². The zero-order chi connectivity index (χ0) is 12.1. The first kappa shape index (κ1) is 11.9. The van der Waals surface area contributed by atoms with Crippen LogP contribution in [0, 0.1) is 17.1 Å². The van der Waals surface area contributed by atoms with Crippen LogP contribution in [0.3, 0.4) is 0 Å². The summed E-state index contributed by atoms with van der Waals surface area (Å²) >= 11 is 0. The van der Waals surface area contributed by atoms with Gasteiger partial charge in [0, 0.05) is 13.6 Å². The van der Waals surface area contributed by atoms with Crippen molar-refractivity contribution in [3.63, 3.8) is 0 Å². The number of aromatic carboxylic acids is 1. The van der Waals surface area contributed by atoms with E-state index in [1.165, 1.54) is 4.90 Å². The predicted octanol–water partition coefficient (Wildman–Crippen LogP) is 1.27. The molecule has 1 aromatic rings. The van der Waals surface area contributed by atoms with Gasteiger partial charge in [0.05, 0.1) is 18.7 Å². The summed E-state index contributed by atoms with van der Waals surface area (Å²) < 4.78 is 12.8. The molecular weight excluding hydrogens is 213 g/mol. The lowest BCUT2D eigenvalue weighted by Gasteiger charge is -2.18. The fourth-order valence-corrected chi connectivity index (χ4v) is 1.22. The maximum absolute atomic E-state index is 12.8. The van der Waals surface area contributed by atoms with Crippen LogP contribution in [0.1, 0.15) is 16.8 Å². The molecule has 0 unspecified atom stereocenters. The van der Waals surface area contributed by atoms with Gasteiger partial charge in [0.2, 0.25) is 0 Å². The first-order valence-electron chi connectivity index (χ1n) is 4.53. The zero-order valence-electron chi connectivity index (χ0n) is 8.64. The maximum Gasteiger partial charge on any atom is 0.339 e. The van der Waals surface area contributed by atoms with Crippen LogP contribution in [0.25, 0.3) is 0 Å². The summed E-state index contributed by atoms with van der Waals surface area (Å²) in [6.07, 6.45) is 1.19. The van der Waals surface area contributed by atoms with E-state index < -0.39 is 11.8 Å². The standard InChI is InChI=1S/C10H10FN3O2/c1-14(4-2-3-12)9-8(10(15)16)5-7(11)6-13-9/h5-6H,2,4H2,1H3,(H,15,16). The molecule has 84 valence electrons. The first-order valence-corrected chi connectivity index (χ1v) is 4.53. The summed E-state index contributed by atoms with van der Waals surface area (Å²) in [5.41, 5.74) is -0.208. The monoisotopic (exact) mass is 223 g/mol. The lowest BCUT2D eigenvalue weighted by Crippen LogP contribution is -2.22. The van der Waals surface area contributed by atoms with Crippen molar-refractivity contribution in [3.8, 4) is 6.07 Å². The molecule has 1 N–H and O–H groups in total. The van der Waals surface area contributed by atoms with E-state index in [1.807, 2.05) is 6.07 Å². The molecule has 0 aliphatic heterocycles. The molecule has 0 radical (unpaired) electrons. The number of hydrogen-bond acceptors (Lipinski definition) is 4. The topological polar surface area (TPSA) is 77.2 Å². The third-order valence-electron chi connectivity index (χ3n) is 1.98. The molecule has 0 fully saturated rings. The highest BCUT2D eigenvalue weighted by atomic mass is 19.1. The van der Waals surface area contributed by atoms with E-state index in [1.54, 1.807) is 7.05 Å². The fraction of sp³-hybridized carbons (Fsp3) is 0.300. The Morgan fingerprint density at radius 3 is 3.00 bits per heavy atom. The Hall–Kier alpha value is -2.16. The van der Waals surface area contributed by atoms with Crippen LogP contribution in [-0.4, -0.2) is 29.7 Å². The molecule has 0 spiro atoms. The third kappa shape index (κ3) is 2.67. The first-order chi connectivity index (χ1) is 7.56. The number of hydrogen-bond donors (Lipinski definition) is 1. The SMILES string of the molecule is CN(CCC#N)c1ncc(F)cc1C(=O)O. The number of aromatic nitrogens is 1. The molecule has 0 bridgehead atoms. The van der Waals surface area contributed by atoms with E-state index in [9.17, 15) is 9.18 Å². The summed E-state index contributed by atoms with van der Waals surface area (Å²) in [6, 6.07) is 2.85. The Labute approximate surface area is 91.7 Å². The van der Waals surface area contributed by atoms with Crippen molar-refractivity contribution < 1.29 is 14.3 Å². The second-order valence-corrected chi connectivity index (χ2v) is 3.16. The summed E-state index contributed by atoms with van der Waals surface area (Å²) in [7, 11) is 1.60. The van der Waals surface area contributed by atoms with Crippen molar-refractivity contribution >= 4 is 11.8 Å². The molecule has 0 aliphatic rings. The van der Waals surface area contributed by atoms with Gasteiger partial charge < -0.3 is 10.0 Å². The van der Waals surface area contributed by atoms with Crippen LogP contribution < -0.4 is 4.90 Å². The highest BCUT2D eigenvalue weighted by Crippen LogP contribution is 2.17. The molecule has 0 saturated heterocycles. The molecule has 1 heterocycles. The van der Waals surface area contributed by atoms with E-state index in [0.29, 0.717) is 6.54 Å². The second kappa shape index (κ2) is 5.07. The van der Waals surface area contributed by atoms with E-state index in [0.717, 1.165) is 12.3 Å². The van der Waals surface area contributed by atoms with E-state index in [-0.39, 0.29) is 17.8 Å². The lowest BCUT2D eigenvalue weighted by molar-refractivity contribution is 0.0696. The Morgan fingerprint density at radius 1 is 1.75 bits per heavy atom. The van der Waals surface area contributed by atoms with Crippen LogP contribution >= 0.6 is 0 Å². The molecule has 0 amide bonds. The number of anilines is 1. The molecule has 1 aromatic heterocycles.